The predicted molar refractivity (Wildman–Crippen MR) is 185 cm³/mol. The van der Waals surface area contributed by atoms with Gasteiger partial charge in [0.05, 0.1) is 17.1 Å². The molecule has 8 rings (SSSR count). The summed E-state index contributed by atoms with van der Waals surface area (Å²) >= 11 is 0. The van der Waals surface area contributed by atoms with Crippen LogP contribution in [0.25, 0.3) is 67.4 Å². The van der Waals surface area contributed by atoms with Gasteiger partial charge in [0.2, 0.25) is 0 Å². The van der Waals surface area contributed by atoms with Crippen LogP contribution in [0.1, 0.15) is 25.0 Å². The van der Waals surface area contributed by atoms with Gasteiger partial charge in [0.25, 0.3) is 0 Å². The summed E-state index contributed by atoms with van der Waals surface area (Å²) in [6, 6.07) is 51.1. The van der Waals surface area contributed by atoms with Crippen molar-refractivity contribution in [3.8, 4) is 67.4 Å². The fourth-order valence-electron chi connectivity index (χ4n) is 6.54. The Hall–Kier alpha value is -5.67. The molecule has 3 nitrogen and oxygen atoms in total. The molecule has 0 spiro atoms. The number of rotatable bonds is 5. The summed E-state index contributed by atoms with van der Waals surface area (Å²) in [7, 11) is 0. The monoisotopic (exact) mass is 577 g/mol. The maximum atomic E-state index is 5.03. The molecule has 0 saturated carbocycles. The highest BCUT2D eigenvalue weighted by atomic mass is 14.9. The van der Waals surface area contributed by atoms with Gasteiger partial charge in [-0.1, -0.05) is 135 Å². The maximum absolute atomic E-state index is 5.03. The first-order chi connectivity index (χ1) is 22.0. The summed E-state index contributed by atoms with van der Waals surface area (Å²) in [6.07, 6.45) is 1.82. The maximum Gasteiger partial charge on any atom is 0.160 e. The van der Waals surface area contributed by atoms with Crippen LogP contribution in [0.3, 0.4) is 0 Å². The molecule has 45 heavy (non-hydrogen) atoms. The third-order valence-electron chi connectivity index (χ3n) is 9.00. The van der Waals surface area contributed by atoms with Crippen LogP contribution in [0, 0.1) is 0 Å². The molecular weight excluding hydrogens is 546 g/mol. The van der Waals surface area contributed by atoms with Gasteiger partial charge in [0, 0.05) is 33.9 Å². The molecular formula is C42H31N3. The zero-order valence-electron chi connectivity index (χ0n) is 25.3. The molecule has 0 fully saturated rings. The Kier molecular flexibility index (Phi) is 6.46. The minimum absolute atomic E-state index is 0.00819. The van der Waals surface area contributed by atoms with Gasteiger partial charge in [-0.25, -0.2) is 9.97 Å². The summed E-state index contributed by atoms with van der Waals surface area (Å²) in [5.74, 6) is 0.709. The first kappa shape index (κ1) is 26.9. The third kappa shape index (κ3) is 4.83. The molecule has 0 atom stereocenters. The highest BCUT2D eigenvalue weighted by Crippen LogP contribution is 2.49. The van der Waals surface area contributed by atoms with Crippen molar-refractivity contribution in [2.45, 2.75) is 19.3 Å². The van der Waals surface area contributed by atoms with Gasteiger partial charge in [-0.15, -0.1) is 0 Å². The Bertz CT molecular complexity index is 2150. The van der Waals surface area contributed by atoms with E-state index in [1.165, 1.54) is 33.4 Å². The summed E-state index contributed by atoms with van der Waals surface area (Å²) in [4.78, 5) is 14.5. The molecule has 0 radical (unpaired) electrons. The van der Waals surface area contributed by atoms with Crippen molar-refractivity contribution in [1.29, 1.82) is 0 Å². The van der Waals surface area contributed by atoms with Crippen molar-refractivity contribution in [2.24, 2.45) is 0 Å². The van der Waals surface area contributed by atoms with E-state index < -0.39 is 0 Å². The minimum Gasteiger partial charge on any atom is -0.256 e. The Labute approximate surface area is 264 Å². The molecule has 0 aliphatic heterocycles. The molecule has 1 aliphatic carbocycles. The minimum atomic E-state index is 0.00819. The fourth-order valence-corrected chi connectivity index (χ4v) is 6.54. The van der Waals surface area contributed by atoms with Crippen LogP contribution in [0.5, 0.6) is 0 Å². The first-order valence-electron chi connectivity index (χ1n) is 15.4. The van der Waals surface area contributed by atoms with Crippen molar-refractivity contribution in [3.63, 3.8) is 0 Å². The highest BCUT2D eigenvalue weighted by molar-refractivity contribution is 5.85. The lowest BCUT2D eigenvalue weighted by Gasteiger charge is -2.21. The number of hydrogen-bond donors (Lipinski definition) is 0. The van der Waals surface area contributed by atoms with E-state index in [1.54, 1.807) is 0 Å². The van der Waals surface area contributed by atoms with Gasteiger partial charge in [0.15, 0.2) is 5.82 Å². The third-order valence-corrected chi connectivity index (χ3v) is 9.00. The van der Waals surface area contributed by atoms with Crippen molar-refractivity contribution in [1.82, 2.24) is 15.0 Å². The van der Waals surface area contributed by atoms with E-state index in [2.05, 4.69) is 128 Å². The summed E-state index contributed by atoms with van der Waals surface area (Å²) in [6.45, 7) is 4.64. The van der Waals surface area contributed by atoms with Crippen molar-refractivity contribution >= 4 is 0 Å². The lowest BCUT2D eigenvalue weighted by molar-refractivity contribution is 0.660. The molecule has 7 aromatic rings. The average Bonchev–Trinajstić information content (AvgIpc) is 3.34. The van der Waals surface area contributed by atoms with Gasteiger partial charge in [-0.2, -0.15) is 0 Å². The van der Waals surface area contributed by atoms with Crippen LogP contribution in [-0.2, 0) is 5.41 Å². The fraction of sp³-hybridized carbons (Fsp3) is 0.0714. The molecule has 0 N–H and O–H groups in total. The number of pyridine rings is 1. The number of nitrogens with zero attached hydrogens (tertiary/aromatic N) is 3. The largest absolute Gasteiger partial charge is 0.256 e. The second-order valence-electron chi connectivity index (χ2n) is 12.1. The van der Waals surface area contributed by atoms with Crippen molar-refractivity contribution in [2.75, 3.05) is 0 Å². The summed E-state index contributed by atoms with van der Waals surface area (Å²) in [5.41, 5.74) is 14.7. The normalized spacial score (nSPS) is 12.8. The van der Waals surface area contributed by atoms with E-state index in [-0.39, 0.29) is 5.41 Å². The number of hydrogen-bond acceptors (Lipinski definition) is 3. The first-order valence-corrected chi connectivity index (χ1v) is 15.4. The van der Waals surface area contributed by atoms with E-state index in [0.717, 1.165) is 39.3 Å². The highest BCUT2D eigenvalue weighted by Gasteiger charge is 2.35. The van der Waals surface area contributed by atoms with Crippen LogP contribution in [0.15, 0.2) is 152 Å². The predicted octanol–water partition coefficient (Wildman–Crippen LogP) is 10.5. The number of fused-ring (bicyclic) bond motifs is 3. The Morgan fingerprint density at radius 2 is 0.956 bits per heavy atom. The van der Waals surface area contributed by atoms with E-state index >= 15 is 0 Å². The van der Waals surface area contributed by atoms with Crippen molar-refractivity contribution in [3.05, 3.63) is 163 Å². The van der Waals surface area contributed by atoms with Crippen molar-refractivity contribution < 1.29 is 0 Å². The van der Waals surface area contributed by atoms with Gasteiger partial charge in [0.1, 0.15) is 0 Å². The molecule has 1 aliphatic rings. The Balaban J connectivity index is 1.16. The van der Waals surface area contributed by atoms with E-state index in [0.29, 0.717) is 5.82 Å². The molecule has 0 amide bonds. The van der Waals surface area contributed by atoms with Crippen LogP contribution < -0.4 is 0 Å². The zero-order chi connectivity index (χ0) is 30.4. The second-order valence-corrected chi connectivity index (χ2v) is 12.1. The lowest BCUT2D eigenvalue weighted by Crippen LogP contribution is -2.14. The van der Waals surface area contributed by atoms with Gasteiger partial charge in [-0.3, -0.25) is 4.98 Å². The van der Waals surface area contributed by atoms with E-state index in [4.69, 9.17) is 9.97 Å². The van der Waals surface area contributed by atoms with Gasteiger partial charge >= 0.3 is 0 Å². The standard InChI is InChI=1S/C42H31N3/c1-42(2)36-13-7-6-12-34(36)35-26-33(23-24-37(35)42)28-15-17-30(18-16-28)39-27-40(45-41(44-39)32-10-4-3-5-11-32)31-21-19-29(20-22-31)38-14-8-9-25-43-38/h3-27H,1-2H3. The zero-order valence-corrected chi connectivity index (χ0v) is 25.3. The average molecular weight is 578 g/mol. The quantitative estimate of drug-likeness (QED) is 0.204. The van der Waals surface area contributed by atoms with Crippen LogP contribution >= 0.6 is 0 Å². The lowest BCUT2D eigenvalue weighted by atomic mass is 9.82. The van der Waals surface area contributed by atoms with E-state index in [1.807, 2.05) is 42.6 Å². The number of benzene rings is 5. The van der Waals surface area contributed by atoms with Crippen LogP contribution in [-0.4, -0.2) is 15.0 Å². The van der Waals surface area contributed by atoms with Gasteiger partial charge in [-0.05, 0) is 57.6 Å². The van der Waals surface area contributed by atoms with Crippen LogP contribution in [0.4, 0.5) is 0 Å². The molecule has 5 aromatic carbocycles. The topological polar surface area (TPSA) is 38.7 Å². The molecule has 214 valence electrons. The van der Waals surface area contributed by atoms with E-state index in [9.17, 15) is 0 Å². The molecule has 0 unspecified atom stereocenters. The molecule has 0 bridgehead atoms. The Morgan fingerprint density at radius 3 is 1.62 bits per heavy atom. The van der Waals surface area contributed by atoms with Crippen LogP contribution in [0.2, 0.25) is 0 Å². The summed E-state index contributed by atoms with van der Waals surface area (Å²) in [5, 5.41) is 0. The molecule has 0 saturated heterocycles. The molecule has 2 aromatic heterocycles. The Morgan fingerprint density at radius 1 is 0.400 bits per heavy atom. The second kappa shape index (κ2) is 10.8. The van der Waals surface area contributed by atoms with Gasteiger partial charge < -0.3 is 0 Å². The number of aromatic nitrogens is 3. The molecule has 2 heterocycles. The summed E-state index contributed by atoms with van der Waals surface area (Å²) < 4.78 is 0. The SMILES string of the molecule is CC1(C)c2ccccc2-c2cc(-c3ccc(-c4cc(-c5ccc(-c6ccccn6)cc5)nc(-c5ccccc5)n4)cc3)ccc21. The molecule has 3 heteroatoms. The smallest absolute Gasteiger partial charge is 0.160 e.